The highest BCUT2D eigenvalue weighted by atomic mass is 16.2. The minimum absolute atomic E-state index is 0.00522. The smallest absolute Gasteiger partial charge is 0.246 e. The summed E-state index contributed by atoms with van der Waals surface area (Å²) < 4.78 is 0. The zero-order valence-corrected chi connectivity index (χ0v) is 18.1. The second-order valence-corrected chi connectivity index (χ2v) is 7.91. The zero-order valence-electron chi connectivity index (χ0n) is 18.1. The Balaban J connectivity index is 1.49. The molecular weight excluding hydrogens is 390 g/mol. The molecule has 1 fully saturated rings. The Kier molecular flexibility index (Phi) is 7.60. The Morgan fingerprint density at radius 2 is 1.77 bits per heavy atom. The summed E-state index contributed by atoms with van der Waals surface area (Å²) in [5, 5.41) is 2.99. The standard InChI is InChI=1S/C25H29N3O3/c1-19(29)27(2)18-21-9-6-10-23(17-21)26-25(31)22-13-15-28(16-14-22)24(30)12-11-20-7-4-3-5-8-20/h3-12,17,22H,13-16,18H2,1-2H3,(H,26,31)/b12-11+. The number of hydrogen-bond donors (Lipinski definition) is 1. The summed E-state index contributed by atoms with van der Waals surface area (Å²) in [6.07, 6.45) is 4.70. The first-order valence-corrected chi connectivity index (χ1v) is 10.6. The zero-order chi connectivity index (χ0) is 22.2. The monoisotopic (exact) mass is 419 g/mol. The van der Waals surface area contributed by atoms with Crippen molar-refractivity contribution >= 4 is 29.5 Å². The summed E-state index contributed by atoms with van der Waals surface area (Å²) >= 11 is 0. The fourth-order valence-corrected chi connectivity index (χ4v) is 3.58. The van der Waals surface area contributed by atoms with Crippen molar-refractivity contribution in [1.29, 1.82) is 0 Å². The molecule has 1 heterocycles. The SMILES string of the molecule is CC(=O)N(C)Cc1cccc(NC(=O)C2CCN(C(=O)/C=C/c3ccccc3)CC2)c1. The van der Waals surface area contributed by atoms with E-state index in [0.29, 0.717) is 32.5 Å². The largest absolute Gasteiger partial charge is 0.342 e. The first-order chi connectivity index (χ1) is 14.9. The van der Waals surface area contributed by atoms with Gasteiger partial charge in [0.25, 0.3) is 0 Å². The third-order valence-corrected chi connectivity index (χ3v) is 5.55. The number of anilines is 1. The summed E-state index contributed by atoms with van der Waals surface area (Å²) in [6.45, 7) is 3.16. The van der Waals surface area contributed by atoms with Crippen LogP contribution in [-0.2, 0) is 20.9 Å². The van der Waals surface area contributed by atoms with E-state index < -0.39 is 0 Å². The van der Waals surface area contributed by atoms with Crippen LogP contribution in [0.15, 0.2) is 60.7 Å². The molecule has 0 bridgehead atoms. The summed E-state index contributed by atoms with van der Waals surface area (Å²) in [7, 11) is 1.75. The number of nitrogens with zero attached hydrogens (tertiary/aromatic N) is 2. The number of likely N-dealkylation sites (tertiary alicyclic amines) is 1. The van der Waals surface area contributed by atoms with Crippen LogP contribution in [-0.4, -0.2) is 47.7 Å². The van der Waals surface area contributed by atoms with Crippen molar-refractivity contribution in [2.24, 2.45) is 5.92 Å². The van der Waals surface area contributed by atoms with Crippen LogP contribution in [0.25, 0.3) is 6.08 Å². The molecular formula is C25H29N3O3. The first kappa shape index (κ1) is 22.3. The van der Waals surface area contributed by atoms with Crippen molar-refractivity contribution in [3.05, 3.63) is 71.8 Å². The maximum atomic E-state index is 12.7. The molecule has 162 valence electrons. The van der Waals surface area contributed by atoms with E-state index in [-0.39, 0.29) is 23.6 Å². The molecule has 0 aromatic heterocycles. The van der Waals surface area contributed by atoms with Gasteiger partial charge in [-0.1, -0.05) is 42.5 Å². The molecule has 2 aromatic rings. The van der Waals surface area contributed by atoms with Crippen LogP contribution >= 0.6 is 0 Å². The number of amides is 3. The van der Waals surface area contributed by atoms with E-state index in [0.717, 1.165) is 16.8 Å². The molecule has 6 heteroatoms. The van der Waals surface area contributed by atoms with Crippen LogP contribution in [0.4, 0.5) is 5.69 Å². The van der Waals surface area contributed by atoms with Crippen molar-refractivity contribution in [1.82, 2.24) is 9.80 Å². The molecule has 1 aliphatic heterocycles. The maximum absolute atomic E-state index is 12.7. The van der Waals surface area contributed by atoms with Crippen molar-refractivity contribution < 1.29 is 14.4 Å². The first-order valence-electron chi connectivity index (χ1n) is 10.6. The summed E-state index contributed by atoms with van der Waals surface area (Å²) in [4.78, 5) is 40.0. The van der Waals surface area contributed by atoms with Gasteiger partial charge >= 0.3 is 0 Å². The molecule has 0 spiro atoms. The molecule has 0 saturated carbocycles. The highest BCUT2D eigenvalue weighted by Gasteiger charge is 2.26. The van der Waals surface area contributed by atoms with E-state index in [1.54, 1.807) is 22.9 Å². The molecule has 0 aliphatic carbocycles. The third kappa shape index (κ3) is 6.54. The van der Waals surface area contributed by atoms with Gasteiger partial charge in [0.05, 0.1) is 0 Å². The fourth-order valence-electron chi connectivity index (χ4n) is 3.58. The van der Waals surface area contributed by atoms with Gasteiger partial charge in [-0.2, -0.15) is 0 Å². The van der Waals surface area contributed by atoms with E-state index in [1.165, 1.54) is 6.92 Å². The topological polar surface area (TPSA) is 69.7 Å². The summed E-state index contributed by atoms with van der Waals surface area (Å²) in [6, 6.07) is 17.3. The van der Waals surface area contributed by atoms with E-state index in [9.17, 15) is 14.4 Å². The van der Waals surface area contributed by atoms with Crippen LogP contribution in [0.5, 0.6) is 0 Å². The van der Waals surface area contributed by atoms with Crippen molar-refractivity contribution in [3.8, 4) is 0 Å². The van der Waals surface area contributed by atoms with Crippen LogP contribution in [0.3, 0.4) is 0 Å². The summed E-state index contributed by atoms with van der Waals surface area (Å²) in [5.41, 5.74) is 2.67. The van der Waals surface area contributed by atoms with Gasteiger partial charge in [-0.05, 0) is 42.2 Å². The highest BCUT2D eigenvalue weighted by molar-refractivity contribution is 5.94. The number of carbonyl (C=O) groups is 3. The van der Waals surface area contributed by atoms with Crippen LogP contribution in [0.1, 0.15) is 30.9 Å². The number of nitrogens with one attached hydrogen (secondary N) is 1. The number of benzene rings is 2. The maximum Gasteiger partial charge on any atom is 0.246 e. The molecule has 1 N–H and O–H groups in total. The van der Waals surface area contributed by atoms with Gasteiger partial charge < -0.3 is 15.1 Å². The Morgan fingerprint density at radius 3 is 2.45 bits per heavy atom. The molecule has 0 unspecified atom stereocenters. The Bertz CT molecular complexity index is 947. The predicted molar refractivity (Wildman–Crippen MR) is 122 cm³/mol. The molecule has 1 saturated heterocycles. The van der Waals surface area contributed by atoms with E-state index in [2.05, 4.69) is 5.32 Å². The van der Waals surface area contributed by atoms with Gasteiger partial charge in [-0.3, -0.25) is 14.4 Å². The number of hydrogen-bond acceptors (Lipinski definition) is 3. The molecule has 0 atom stereocenters. The fraction of sp³-hybridized carbons (Fsp3) is 0.320. The van der Waals surface area contributed by atoms with Gasteiger partial charge in [0.15, 0.2) is 0 Å². The Morgan fingerprint density at radius 1 is 1.06 bits per heavy atom. The van der Waals surface area contributed by atoms with Crippen LogP contribution in [0, 0.1) is 5.92 Å². The van der Waals surface area contributed by atoms with Crippen molar-refractivity contribution in [2.45, 2.75) is 26.3 Å². The van der Waals surface area contributed by atoms with Gasteiger partial charge in [-0.15, -0.1) is 0 Å². The van der Waals surface area contributed by atoms with Gasteiger partial charge in [0, 0.05) is 51.3 Å². The average molecular weight is 420 g/mol. The predicted octanol–water partition coefficient (Wildman–Crippen LogP) is 3.56. The third-order valence-electron chi connectivity index (χ3n) is 5.55. The number of carbonyl (C=O) groups excluding carboxylic acids is 3. The van der Waals surface area contributed by atoms with Gasteiger partial charge in [-0.25, -0.2) is 0 Å². The normalized spacial score (nSPS) is 14.5. The lowest BCUT2D eigenvalue weighted by Crippen LogP contribution is -2.40. The highest BCUT2D eigenvalue weighted by Crippen LogP contribution is 2.21. The van der Waals surface area contributed by atoms with Gasteiger partial charge in [0.2, 0.25) is 17.7 Å². The van der Waals surface area contributed by atoms with Crippen molar-refractivity contribution in [3.63, 3.8) is 0 Å². The Hall–Kier alpha value is -3.41. The van der Waals surface area contributed by atoms with Crippen LogP contribution < -0.4 is 5.32 Å². The second kappa shape index (κ2) is 10.6. The van der Waals surface area contributed by atoms with E-state index in [1.807, 2.05) is 60.7 Å². The number of rotatable bonds is 6. The average Bonchev–Trinajstić information content (AvgIpc) is 2.78. The van der Waals surface area contributed by atoms with E-state index >= 15 is 0 Å². The van der Waals surface area contributed by atoms with Crippen molar-refractivity contribution in [2.75, 3.05) is 25.5 Å². The molecule has 0 radical (unpaired) electrons. The molecule has 1 aliphatic rings. The van der Waals surface area contributed by atoms with Gasteiger partial charge in [0.1, 0.15) is 0 Å². The lowest BCUT2D eigenvalue weighted by Gasteiger charge is -2.30. The second-order valence-electron chi connectivity index (χ2n) is 7.91. The minimum Gasteiger partial charge on any atom is -0.342 e. The quantitative estimate of drug-likeness (QED) is 0.728. The lowest BCUT2D eigenvalue weighted by atomic mass is 9.95. The molecule has 6 nitrogen and oxygen atoms in total. The van der Waals surface area contributed by atoms with Crippen LogP contribution in [0.2, 0.25) is 0 Å². The van der Waals surface area contributed by atoms with E-state index in [4.69, 9.17) is 0 Å². The summed E-state index contributed by atoms with van der Waals surface area (Å²) in [5.74, 6) is -0.172. The lowest BCUT2D eigenvalue weighted by molar-refractivity contribution is -0.130. The minimum atomic E-state index is -0.120. The Labute approximate surface area is 183 Å². The molecule has 2 aromatic carbocycles. The molecule has 3 rings (SSSR count). The number of piperidine rings is 1. The molecule has 3 amide bonds. The molecule has 31 heavy (non-hydrogen) atoms.